The molecular formula is C19H23NO. The zero-order chi connectivity index (χ0) is 14.5. The lowest BCUT2D eigenvalue weighted by atomic mass is 10.1. The molecule has 2 heteroatoms. The zero-order valence-electron chi connectivity index (χ0n) is 12.6. The first kappa shape index (κ1) is 14.0. The van der Waals surface area contributed by atoms with Gasteiger partial charge in [0, 0.05) is 12.2 Å². The molecule has 2 aromatic rings. The van der Waals surface area contributed by atoms with Gasteiger partial charge in [-0.25, -0.2) is 0 Å². The van der Waals surface area contributed by atoms with Gasteiger partial charge in [-0.15, -0.1) is 0 Å². The number of aryl methyl sites for hydroxylation is 1. The Morgan fingerprint density at radius 2 is 1.86 bits per heavy atom. The molecule has 3 rings (SSSR count). The van der Waals surface area contributed by atoms with Gasteiger partial charge in [0.15, 0.2) is 0 Å². The summed E-state index contributed by atoms with van der Waals surface area (Å²) in [6.45, 7) is 2.95. The minimum Gasteiger partial charge on any atom is -0.490 e. The third-order valence-corrected chi connectivity index (χ3v) is 4.13. The molecule has 1 saturated carbocycles. The summed E-state index contributed by atoms with van der Waals surface area (Å²) in [5.74, 6) is 1.01. The molecule has 0 unspecified atom stereocenters. The Hall–Kier alpha value is -1.96. The second-order valence-corrected chi connectivity index (χ2v) is 5.84. The average molecular weight is 281 g/mol. The predicted octanol–water partition coefficient (Wildman–Crippen LogP) is 4.93. The van der Waals surface area contributed by atoms with Crippen molar-refractivity contribution < 1.29 is 4.74 Å². The average Bonchev–Trinajstić information content (AvgIpc) is 3.00. The van der Waals surface area contributed by atoms with E-state index in [1.165, 1.54) is 42.5 Å². The van der Waals surface area contributed by atoms with Gasteiger partial charge in [0.2, 0.25) is 0 Å². The van der Waals surface area contributed by atoms with Crippen molar-refractivity contribution in [2.45, 2.75) is 45.3 Å². The fourth-order valence-corrected chi connectivity index (χ4v) is 2.90. The van der Waals surface area contributed by atoms with E-state index in [2.05, 4.69) is 60.8 Å². The molecule has 2 nitrogen and oxygen atoms in total. The van der Waals surface area contributed by atoms with Crippen molar-refractivity contribution in [2.24, 2.45) is 0 Å². The van der Waals surface area contributed by atoms with Gasteiger partial charge in [-0.1, -0.05) is 30.3 Å². The number of para-hydroxylation sites is 1. The fourth-order valence-electron chi connectivity index (χ4n) is 2.90. The predicted molar refractivity (Wildman–Crippen MR) is 87.8 cm³/mol. The summed E-state index contributed by atoms with van der Waals surface area (Å²) in [6.07, 6.45) is 5.43. The molecule has 0 radical (unpaired) electrons. The molecule has 0 heterocycles. The normalized spacial score (nSPS) is 15.1. The summed E-state index contributed by atoms with van der Waals surface area (Å²) in [5.41, 5.74) is 3.73. The summed E-state index contributed by atoms with van der Waals surface area (Å²) < 4.78 is 6.06. The monoisotopic (exact) mass is 281 g/mol. The summed E-state index contributed by atoms with van der Waals surface area (Å²) >= 11 is 0. The van der Waals surface area contributed by atoms with Crippen molar-refractivity contribution in [3.63, 3.8) is 0 Å². The maximum Gasteiger partial charge on any atom is 0.120 e. The van der Waals surface area contributed by atoms with E-state index in [4.69, 9.17) is 4.74 Å². The second kappa shape index (κ2) is 6.66. The molecule has 0 aromatic heterocycles. The Morgan fingerprint density at radius 1 is 1.05 bits per heavy atom. The number of anilines is 1. The smallest absolute Gasteiger partial charge is 0.120 e. The molecule has 0 bridgehead atoms. The van der Waals surface area contributed by atoms with Crippen LogP contribution in [-0.4, -0.2) is 6.10 Å². The SMILES string of the molecule is Cc1ccccc1NCc1cccc(OC2CCCC2)c1. The van der Waals surface area contributed by atoms with Crippen LogP contribution in [0.15, 0.2) is 48.5 Å². The van der Waals surface area contributed by atoms with Crippen LogP contribution in [0.25, 0.3) is 0 Å². The van der Waals surface area contributed by atoms with Gasteiger partial charge in [-0.05, 0) is 61.9 Å². The first-order valence-electron chi connectivity index (χ1n) is 7.86. The molecule has 2 aromatic carbocycles. The standard InChI is InChI=1S/C19H23NO/c1-15-7-2-5-12-19(15)20-14-16-8-6-11-18(13-16)21-17-9-3-4-10-17/h2,5-8,11-13,17,20H,3-4,9-10,14H2,1H3. The molecule has 1 aliphatic carbocycles. The van der Waals surface area contributed by atoms with Crippen molar-refractivity contribution in [1.82, 2.24) is 0 Å². The highest BCUT2D eigenvalue weighted by Gasteiger charge is 2.16. The molecule has 110 valence electrons. The van der Waals surface area contributed by atoms with E-state index in [1.54, 1.807) is 0 Å². The van der Waals surface area contributed by atoms with E-state index in [0.717, 1.165) is 12.3 Å². The lowest BCUT2D eigenvalue weighted by molar-refractivity contribution is 0.210. The van der Waals surface area contributed by atoms with Crippen molar-refractivity contribution in [1.29, 1.82) is 0 Å². The number of nitrogens with one attached hydrogen (secondary N) is 1. The number of ether oxygens (including phenoxy) is 1. The molecule has 0 spiro atoms. The topological polar surface area (TPSA) is 21.3 Å². The quantitative estimate of drug-likeness (QED) is 0.839. The summed E-state index contributed by atoms with van der Waals surface area (Å²) in [6, 6.07) is 16.8. The van der Waals surface area contributed by atoms with Crippen LogP contribution in [0.2, 0.25) is 0 Å². The third kappa shape index (κ3) is 3.78. The van der Waals surface area contributed by atoms with Crippen molar-refractivity contribution in [3.8, 4) is 5.75 Å². The van der Waals surface area contributed by atoms with Crippen LogP contribution in [0.4, 0.5) is 5.69 Å². The van der Waals surface area contributed by atoms with E-state index in [9.17, 15) is 0 Å². The molecule has 1 aliphatic rings. The molecular weight excluding hydrogens is 258 g/mol. The summed E-state index contributed by atoms with van der Waals surface area (Å²) in [5, 5.41) is 3.49. The van der Waals surface area contributed by atoms with Crippen LogP contribution in [0, 0.1) is 6.92 Å². The van der Waals surface area contributed by atoms with Gasteiger partial charge in [-0.2, -0.15) is 0 Å². The molecule has 0 atom stereocenters. The van der Waals surface area contributed by atoms with Crippen LogP contribution in [0.5, 0.6) is 5.75 Å². The maximum absolute atomic E-state index is 6.06. The van der Waals surface area contributed by atoms with Gasteiger partial charge >= 0.3 is 0 Å². The van der Waals surface area contributed by atoms with E-state index in [-0.39, 0.29) is 0 Å². The van der Waals surface area contributed by atoms with Crippen LogP contribution in [-0.2, 0) is 6.54 Å². The van der Waals surface area contributed by atoms with Crippen molar-refractivity contribution in [2.75, 3.05) is 5.32 Å². The minimum atomic E-state index is 0.421. The second-order valence-electron chi connectivity index (χ2n) is 5.84. The lowest BCUT2D eigenvalue weighted by Crippen LogP contribution is -2.11. The molecule has 1 fully saturated rings. The van der Waals surface area contributed by atoms with E-state index in [1.807, 2.05) is 0 Å². The van der Waals surface area contributed by atoms with Gasteiger partial charge in [0.05, 0.1) is 6.10 Å². The lowest BCUT2D eigenvalue weighted by Gasteiger charge is -2.14. The van der Waals surface area contributed by atoms with Gasteiger partial charge < -0.3 is 10.1 Å². The molecule has 0 aliphatic heterocycles. The Bertz CT molecular complexity index is 588. The Labute approximate surface area is 127 Å². The highest BCUT2D eigenvalue weighted by atomic mass is 16.5. The number of hydrogen-bond acceptors (Lipinski definition) is 2. The zero-order valence-corrected chi connectivity index (χ0v) is 12.6. The van der Waals surface area contributed by atoms with Crippen LogP contribution in [0.3, 0.4) is 0 Å². The van der Waals surface area contributed by atoms with E-state index in [0.29, 0.717) is 6.10 Å². The highest BCUT2D eigenvalue weighted by Crippen LogP contribution is 2.25. The summed E-state index contributed by atoms with van der Waals surface area (Å²) in [7, 11) is 0. The van der Waals surface area contributed by atoms with Crippen molar-refractivity contribution in [3.05, 3.63) is 59.7 Å². The van der Waals surface area contributed by atoms with Gasteiger partial charge in [0.1, 0.15) is 5.75 Å². The van der Waals surface area contributed by atoms with Crippen LogP contribution in [0.1, 0.15) is 36.8 Å². The minimum absolute atomic E-state index is 0.421. The Morgan fingerprint density at radius 3 is 2.67 bits per heavy atom. The third-order valence-electron chi connectivity index (χ3n) is 4.13. The number of benzene rings is 2. The number of hydrogen-bond donors (Lipinski definition) is 1. The van der Waals surface area contributed by atoms with E-state index >= 15 is 0 Å². The van der Waals surface area contributed by atoms with Gasteiger partial charge in [-0.3, -0.25) is 0 Å². The molecule has 21 heavy (non-hydrogen) atoms. The highest BCUT2D eigenvalue weighted by molar-refractivity contribution is 5.50. The summed E-state index contributed by atoms with van der Waals surface area (Å²) in [4.78, 5) is 0. The molecule has 0 amide bonds. The maximum atomic E-state index is 6.06. The fraction of sp³-hybridized carbons (Fsp3) is 0.368. The number of rotatable bonds is 5. The first-order valence-corrected chi connectivity index (χ1v) is 7.86. The van der Waals surface area contributed by atoms with E-state index < -0.39 is 0 Å². The van der Waals surface area contributed by atoms with Gasteiger partial charge in [0.25, 0.3) is 0 Å². The van der Waals surface area contributed by atoms with Crippen LogP contribution < -0.4 is 10.1 Å². The Kier molecular flexibility index (Phi) is 4.44. The van der Waals surface area contributed by atoms with Crippen molar-refractivity contribution >= 4 is 5.69 Å². The molecule has 1 N–H and O–H groups in total. The Balaban J connectivity index is 1.61. The van der Waals surface area contributed by atoms with Crippen LogP contribution >= 0.6 is 0 Å². The largest absolute Gasteiger partial charge is 0.490 e. The first-order chi connectivity index (χ1) is 10.3. The molecule has 0 saturated heterocycles.